The monoisotopic (exact) mass is 286 g/mol. The van der Waals surface area contributed by atoms with Crippen LogP contribution in [0.3, 0.4) is 0 Å². The third kappa shape index (κ3) is 2.89. The van der Waals surface area contributed by atoms with E-state index in [-0.39, 0.29) is 0 Å². The Balaban J connectivity index is 1.63. The highest BCUT2D eigenvalue weighted by atomic mass is 32.1. The van der Waals surface area contributed by atoms with E-state index in [9.17, 15) is 0 Å². The van der Waals surface area contributed by atoms with Gasteiger partial charge >= 0.3 is 0 Å². The zero-order chi connectivity index (χ0) is 13.9. The Labute approximate surface area is 125 Å². The van der Waals surface area contributed by atoms with Crippen molar-refractivity contribution in [2.75, 3.05) is 19.0 Å². The molecule has 106 valence electrons. The SMILES string of the molecule is CN(C)c1ccc(CNC2CCCc3sccc32)cc1. The van der Waals surface area contributed by atoms with E-state index in [2.05, 4.69) is 60.0 Å². The highest BCUT2D eigenvalue weighted by molar-refractivity contribution is 7.10. The molecule has 0 amide bonds. The van der Waals surface area contributed by atoms with Gasteiger partial charge in [-0.1, -0.05) is 12.1 Å². The minimum atomic E-state index is 0.540. The van der Waals surface area contributed by atoms with Crippen molar-refractivity contribution in [3.8, 4) is 0 Å². The van der Waals surface area contributed by atoms with Crippen LogP contribution in [-0.4, -0.2) is 14.1 Å². The number of benzene rings is 1. The first kappa shape index (κ1) is 13.7. The Hall–Kier alpha value is -1.32. The van der Waals surface area contributed by atoms with Crippen molar-refractivity contribution >= 4 is 17.0 Å². The third-order valence-corrected chi connectivity index (χ3v) is 5.05. The molecule has 1 aromatic carbocycles. The van der Waals surface area contributed by atoms with Crippen LogP contribution in [0.15, 0.2) is 35.7 Å². The highest BCUT2D eigenvalue weighted by Crippen LogP contribution is 2.33. The molecule has 1 aromatic heterocycles. The van der Waals surface area contributed by atoms with Gasteiger partial charge in [-0.05, 0) is 54.0 Å². The van der Waals surface area contributed by atoms with Gasteiger partial charge in [0.25, 0.3) is 0 Å². The van der Waals surface area contributed by atoms with Crippen LogP contribution in [0.5, 0.6) is 0 Å². The number of nitrogens with one attached hydrogen (secondary N) is 1. The van der Waals surface area contributed by atoms with E-state index in [1.54, 1.807) is 4.88 Å². The van der Waals surface area contributed by atoms with Crippen molar-refractivity contribution in [1.82, 2.24) is 5.32 Å². The largest absolute Gasteiger partial charge is 0.378 e. The van der Waals surface area contributed by atoms with Crippen molar-refractivity contribution in [1.29, 1.82) is 0 Å². The highest BCUT2D eigenvalue weighted by Gasteiger charge is 2.20. The van der Waals surface area contributed by atoms with Gasteiger partial charge in [0.1, 0.15) is 0 Å². The molecule has 0 aliphatic heterocycles. The maximum absolute atomic E-state index is 3.72. The zero-order valence-corrected chi connectivity index (χ0v) is 13.0. The molecule has 0 spiro atoms. The molecule has 0 saturated heterocycles. The predicted molar refractivity (Wildman–Crippen MR) is 87.6 cm³/mol. The van der Waals surface area contributed by atoms with E-state index in [1.165, 1.54) is 36.1 Å². The maximum atomic E-state index is 3.72. The van der Waals surface area contributed by atoms with Crippen LogP contribution in [-0.2, 0) is 13.0 Å². The second-order valence-corrected chi connectivity index (χ2v) is 6.69. The van der Waals surface area contributed by atoms with Crippen LogP contribution in [0.4, 0.5) is 5.69 Å². The molecule has 3 rings (SSSR count). The molecule has 0 fully saturated rings. The molecule has 2 aromatic rings. The van der Waals surface area contributed by atoms with Gasteiger partial charge in [-0.2, -0.15) is 0 Å². The van der Waals surface area contributed by atoms with Crippen LogP contribution in [0.1, 0.15) is 34.9 Å². The lowest BCUT2D eigenvalue weighted by molar-refractivity contribution is 0.463. The first-order chi connectivity index (χ1) is 9.74. The fourth-order valence-electron chi connectivity index (χ4n) is 2.85. The fraction of sp³-hybridized carbons (Fsp3) is 0.412. The number of aryl methyl sites for hydroxylation is 1. The number of hydrogen-bond acceptors (Lipinski definition) is 3. The van der Waals surface area contributed by atoms with Crippen molar-refractivity contribution in [2.45, 2.75) is 31.8 Å². The number of rotatable bonds is 4. The van der Waals surface area contributed by atoms with Crippen LogP contribution >= 0.6 is 11.3 Å². The van der Waals surface area contributed by atoms with Crippen LogP contribution < -0.4 is 10.2 Å². The van der Waals surface area contributed by atoms with E-state index < -0.39 is 0 Å². The molecule has 3 heteroatoms. The van der Waals surface area contributed by atoms with Crippen molar-refractivity contribution < 1.29 is 0 Å². The number of thiophene rings is 1. The first-order valence-corrected chi connectivity index (χ1v) is 8.18. The summed E-state index contributed by atoms with van der Waals surface area (Å²) in [6.07, 6.45) is 3.84. The molecule has 2 nitrogen and oxygen atoms in total. The van der Waals surface area contributed by atoms with E-state index >= 15 is 0 Å². The van der Waals surface area contributed by atoms with E-state index in [4.69, 9.17) is 0 Å². The summed E-state index contributed by atoms with van der Waals surface area (Å²) in [6.45, 7) is 0.952. The second kappa shape index (κ2) is 5.98. The average Bonchev–Trinajstić information content (AvgIpc) is 2.94. The normalized spacial score (nSPS) is 17.8. The minimum Gasteiger partial charge on any atom is -0.378 e. The van der Waals surface area contributed by atoms with E-state index in [1.807, 2.05) is 11.3 Å². The van der Waals surface area contributed by atoms with Gasteiger partial charge in [0.15, 0.2) is 0 Å². The van der Waals surface area contributed by atoms with E-state index in [0.29, 0.717) is 6.04 Å². The number of nitrogens with zero attached hydrogens (tertiary/aromatic N) is 1. The molecular weight excluding hydrogens is 264 g/mol. The maximum Gasteiger partial charge on any atom is 0.0361 e. The molecule has 1 unspecified atom stereocenters. The number of fused-ring (bicyclic) bond motifs is 1. The third-order valence-electron chi connectivity index (χ3n) is 4.06. The van der Waals surface area contributed by atoms with Crippen molar-refractivity contribution in [2.24, 2.45) is 0 Å². The van der Waals surface area contributed by atoms with Crippen LogP contribution in [0.2, 0.25) is 0 Å². The molecule has 0 saturated carbocycles. The molecule has 0 bridgehead atoms. The Kier molecular flexibility index (Phi) is 4.08. The summed E-state index contributed by atoms with van der Waals surface area (Å²) in [7, 11) is 4.15. The molecule has 20 heavy (non-hydrogen) atoms. The predicted octanol–water partition coefficient (Wildman–Crippen LogP) is 3.98. The number of anilines is 1. The zero-order valence-electron chi connectivity index (χ0n) is 12.2. The summed E-state index contributed by atoms with van der Waals surface area (Å²) in [5.74, 6) is 0. The second-order valence-electron chi connectivity index (χ2n) is 5.69. The van der Waals surface area contributed by atoms with Gasteiger partial charge in [-0.3, -0.25) is 0 Å². The smallest absolute Gasteiger partial charge is 0.0361 e. The van der Waals surface area contributed by atoms with Crippen LogP contribution in [0.25, 0.3) is 0 Å². The van der Waals surface area contributed by atoms with Gasteiger partial charge in [-0.25, -0.2) is 0 Å². The Bertz CT molecular complexity index is 557. The van der Waals surface area contributed by atoms with Gasteiger partial charge in [-0.15, -0.1) is 11.3 Å². The molecule has 1 atom stereocenters. The minimum absolute atomic E-state index is 0.540. The lowest BCUT2D eigenvalue weighted by Crippen LogP contribution is -2.23. The molecule has 1 aliphatic carbocycles. The summed E-state index contributed by atoms with van der Waals surface area (Å²) >= 11 is 1.91. The quantitative estimate of drug-likeness (QED) is 0.914. The van der Waals surface area contributed by atoms with Crippen molar-refractivity contribution in [3.63, 3.8) is 0 Å². The lowest BCUT2D eigenvalue weighted by atomic mass is 9.94. The summed E-state index contributed by atoms with van der Waals surface area (Å²) in [4.78, 5) is 3.72. The Morgan fingerprint density at radius 3 is 2.75 bits per heavy atom. The van der Waals surface area contributed by atoms with Gasteiger partial charge in [0.2, 0.25) is 0 Å². The van der Waals surface area contributed by atoms with Gasteiger partial charge in [0, 0.05) is 37.2 Å². The fourth-order valence-corrected chi connectivity index (χ4v) is 3.84. The number of hydrogen-bond donors (Lipinski definition) is 1. The van der Waals surface area contributed by atoms with E-state index in [0.717, 1.165) is 6.54 Å². The molecule has 1 N–H and O–H groups in total. The van der Waals surface area contributed by atoms with Gasteiger partial charge < -0.3 is 10.2 Å². The van der Waals surface area contributed by atoms with Crippen LogP contribution in [0, 0.1) is 0 Å². The first-order valence-electron chi connectivity index (χ1n) is 7.30. The molecule has 0 radical (unpaired) electrons. The summed E-state index contributed by atoms with van der Waals surface area (Å²) in [6, 6.07) is 11.7. The summed E-state index contributed by atoms with van der Waals surface area (Å²) < 4.78 is 0. The Morgan fingerprint density at radius 1 is 1.20 bits per heavy atom. The molecule has 1 heterocycles. The van der Waals surface area contributed by atoms with Gasteiger partial charge in [0.05, 0.1) is 0 Å². The average molecular weight is 286 g/mol. The lowest BCUT2D eigenvalue weighted by Gasteiger charge is -2.24. The molecule has 1 aliphatic rings. The molecular formula is C17H22N2S. The summed E-state index contributed by atoms with van der Waals surface area (Å²) in [5, 5.41) is 5.95. The standard InChI is InChI=1S/C17H22N2S/c1-19(2)14-8-6-13(7-9-14)12-18-16-4-3-5-17-15(16)10-11-20-17/h6-11,16,18H,3-5,12H2,1-2H3. The summed E-state index contributed by atoms with van der Waals surface area (Å²) in [5.41, 5.74) is 4.15. The Morgan fingerprint density at radius 2 is 2.00 bits per heavy atom. The van der Waals surface area contributed by atoms with Crippen molar-refractivity contribution in [3.05, 3.63) is 51.7 Å². The topological polar surface area (TPSA) is 15.3 Å².